The van der Waals surface area contributed by atoms with Crippen LogP contribution in [0.25, 0.3) is 0 Å². The summed E-state index contributed by atoms with van der Waals surface area (Å²) in [5.41, 5.74) is 3.11. The summed E-state index contributed by atoms with van der Waals surface area (Å²) in [6.07, 6.45) is 3.55. The average molecular weight is 304 g/mol. The first kappa shape index (κ1) is 14.3. The second-order valence-corrected chi connectivity index (χ2v) is 7.20. The largest absolute Gasteiger partial charge is 0.508 e. The third-order valence-corrected chi connectivity index (χ3v) is 5.95. The highest BCUT2D eigenvalue weighted by Crippen LogP contribution is 2.57. The van der Waals surface area contributed by atoms with Crippen molar-refractivity contribution >= 4 is 0 Å². The van der Waals surface area contributed by atoms with Crippen molar-refractivity contribution in [2.24, 2.45) is 5.92 Å². The second-order valence-electron chi connectivity index (χ2n) is 7.20. The molecule has 2 N–H and O–H groups in total. The van der Waals surface area contributed by atoms with Gasteiger partial charge in [-0.2, -0.15) is 0 Å². The minimum absolute atomic E-state index is 0.0219. The highest BCUT2D eigenvalue weighted by Gasteiger charge is 2.54. The van der Waals surface area contributed by atoms with Crippen LogP contribution in [-0.4, -0.2) is 22.1 Å². The molecule has 1 aromatic carbocycles. The van der Waals surface area contributed by atoms with Crippen LogP contribution in [-0.2, 0) is 4.74 Å². The van der Waals surface area contributed by atoms with Crippen molar-refractivity contribution in [3.8, 4) is 11.5 Å². The maximum atomic E-state index is 11.0. The predicted molar refractivity (Wildman–Crippen MR) is 82.1 cm³/mol. The molecule has 0 amide bonds. The Morgan fingerprint density at radius 3 is 2.77 bits per heavy atom. The minimum atomic E-state index is -1.16. The third-order valence-electron chi connectivity index (χ3n) is 5.95. The Hall–Kier alpha value is -1.26. The molecular weight excluding hydrogens is 280 g/mol. The van der Waals surface area contributed by atoms with Crippen molar-refractivity contribution in [2.75, 3.05) is 0 Å². The molecule has 3 aliphatic rings. The van der Waals surface area contributed by atoms with E-state index in [4.69, 9.17) is 9.47 Å². The van der Waals surface area contributed by atoms with Crippen molar-refractivity contribution in [2.45, 2.75) is 70.4 Å². The molecule has 0 spiro atoms. The number of rotatable bonds is 0. The van der Waals surface area contributed by atoms with Crippen LogP contribution in [0.15, 0.2) is 6.07 Å². The molecule has 2 aliphatic heterocycles. The smallest absolute Gasteiger partial charge is 0.213 e. The molecule has 120 valence electrons. The van der Waals surface area contributed by atoms with Crippen molar-refractivity contribution in [3.63, 3.8) is 0 Å². The van der Waals surface area contributed by atoms with E-state index >= 15 is 0 Å². The second kappa shape index (κ2) is 4.62. The lowest BCUT2D eigenvalue weighted by atomic mass is 9.71. The molecule has 0 bridgehead atoms. The summed E-state index contributed by atoms with van der Waals surface area (Å²) in [5, 5.41) is 21.3. The maximum Gasteiger partial charge on any atom is 0.213 e. The average Bonchev–Trinajstić information content (AvgIpc) is 2.47. The third kappa shape index (κ3) is 1.77. The number of ether oxygens (including phenoxy) is 2. The van der Waals surface area contributed by atoms with Crippen molar-refractivity contribution in [1.82, 2.24) is 0 Å². The van der Waals surface area contributed by atoms with Crippen LogP contribution < -0.4 is 4.74 Å². The van der Waals surface area contributed by atoms with Gasteiger partial charge in [-0.25, -0.2) is 0 Å². The predicted octanol–water partition coefficient (Wildman–Crippen LogP) is 3.54. The summed E-state index contributed by atoms with van der Waals surface area (Å²) in [7, 11) is 0. The molecular formula is C18H24O4. The fourth-order valence-electron chi connectivity index (χ4n) is 4.55. The molecule has 1 saturated carbocycles. The summed E-state index contributed by atoms with van der Waals surface area (Å²) in [5.74, 6) is -0.134. The Bertz CT molecular complexity index is 626. The number of fused-ring (bicyclic) bond motifs is 2. The first-order valence-electron chi connectivity index (χ1n) is 8.35. The lowest BCUT2D eigenvalue weighted by Crippen LogP contribution is -2.53. The van der Waals surface area contributed by atoms with Crippen LogP contribution >= 0.6 is 0 Å². The summed E-state index contributed by atoms with van der Waals surface area (Å²) in [4.78, 5) is 0. The van der Waals surface area contributed by atoms with Gasteiger partial charge in [-0.05, 0) is 37.8 Å². The van der Waals surface area contributed by atoms with Gasteiger partial charge >= 0.3 is 0 Å². The van der Waals surface area contributed by atoms with Crippen LogP contribution in [0.2, 0.25) is 0 Å². The molecule has 4 nitrogen and oxygen atoms in total. The van der Waals surface area contributed by atoms with E-state index < -0.39 is 5.79 Å². The van der Waals surface area contributed by atoms with E-state index in [0.717, 1.165) is 36.0 Å². The van der Waals surface area contributed by atoms with Crippen LogP contribution in [0.3, 0.4) is 0 Å². The molecule has 4 heteroatoms. The van der Waals surface area contributed by atoms with Crippen molar-refractivity contribution in [3.05, 3.63) is 22.8 Å². The molecule has 2 heterocycles. The van der Waals surface area contributed by atoms with Gasteiger partial charge in [-0.15, -0.1) is 0 Å². The van der Waals surface area contributed by atoms with Gasteiger partial charge in [0.05, 0.1) is 18.1 Å². The number of hydrogen-bond acceptors (Lipinski definition) is 4. The molecule has 1 aromatic rings. The molecule has 22 heavy (non-hydrogen) atoms. The lowest BCUT2D eigenvalue weighted by molar-refractivity contribution is -0.248. The first-order chi connectivity index (χ1) is 10.4. The van der Waals surface area contributed by atoms with Crippen LogP contribution in [0.4, 0.5) is 0 Å². The van der Waals surface area contributed by atoms with E-state index in [1.165, 1.54) is 0 Å². The Kier molecular flexibility index (Phi) is 3.01. The number of aromatic hydroxyl groups is 1. The zero-order valence-electron chi connectivity index (χ0n) is 13.4. The SMILES string of the molecule is Cc1c(O)cc2c3c1[C@H](C)[C@@H](C)O[C@@H]3[C@@H]1CCCC[C@]1(O)O2. The summed E-state index contributed by atoms with van der Waals surface area (Å²) in [6, 6.07) is 1.65. The number of benzene rings is 1. The van der Waals surface area contributed by atoms with Gasteiger partial charge in [0.25, 0.3) is 0 Å². The van der Waals surface area contributed by atoms with Crippen LogP contribution in [0.1, 0.15) is 68.2 Å². The number of aliphatic hydroxyl groups is 1. The van der Waals surface area contributed by atoms with E-state index in [1.807, 2.05) is 6.92 Å². The van der Waals surface area contributed by atoms with Gasteiger partial charge in [-0.3, -0.25) is 0 Å². The van der Waals surface area contributed by atoms with Crippen LogP contribution in [0.5, 0.6) is 11.5 Å². The Morgan fingerprint density at radius 2 is 2.00 bits per heavy atom. The monoisotopic (exact) mass is 304 g/mol. The zero-order valence-corrected chi connectivity index (χ0v) is 13.4. The van der Waals surface area contributed by atoms with E-state index in [1.54, 1.807) is 6.07 Å². The van der Waals surface area contributed by atoms with Crippen molar-refractivity contribution < 1.29 is 19.7 Å². The molecule has 1 aliphatic carbocycles. The summed E-state index contributed by atoms with van der Waals surface area (Å²) < 4.78 is 12.3. The Balaban J connectivity index is 1.95. The molecule has 0 unspecified atom stereocenters. The van der Waals surface area contributed by atoms with Crippen LogP contribution in [0, 0.1) is 12.8 Å². The van der Waals surface area contributed by atoms with Gasteiger partial charge in [0.15, 0.2) is 0 Å². The number of phenolic OH excluding ortho intramolecular Hbond substituents is 1. The number of hydrogen-bond donors (Lipinski definition) is 2. The first-order valence-corrected chi connectivity index (χ1v) is 8.35. The molecule has 0 radical (unpaired) electrons. The van der Waals surface area contributed by atoms with Gasteiger partial charge < -0.3 is 19.7 Å². The van der Waals surface area contributed by atoms with Crippen molar-refractivity contribution in [1.29, 1.82) is 0 Å². The lowest BCUT2D eigenvalue weighted by Gasteiger charge is -2.51. The van der Waals surface area contributed by atoms with Gasteiger partial charge in [-0.1, -0.05) is 13.3 Å². The Morgan fingerprint density at radius 1 is 1.23 bits per heavy atom. The zero-order chi connectivity index (χ0) is 15.6. The fourth-order valence-corrected chi connectivity index (χ4v) is 4.55. The molecule has 5 atom stereocenters. The van der Waals surface area contributed by atoms with E-state index in [2.05, 4.69) is 13.8 Å². The number of phenols is 1. The van der Waals surface area contributed by atoms with Gasteiger partial charge in [0.2, 0.25) is 5.79 Å². The highest BCUT2D eigenvalue weighted by molar-refractivity contribution is 5.56. The normalized spacial score (nSPS) is 39.6. The molecule has 1 fully saturated rings. The molecule has 4 rings (SSSR count). The Labute approximate surface area is 131 Å². The van der Waals surface area contributed by atoms with E-state index in [9.17, 15) is 10.2 Å². The molecule has 0 aromatic heterocycles. The maximum absolute atomic E-state index is 11.0. The fraction of sp³-hybridized carbons (Fsp3) is 0.667. The summed E-state index contributed by atoms with van der Waals surface area (Å²) in [6.45, 7) is 6.16. The van der Waals surface area contributed by atoms with E-state index in [-0.39, 0.29) is 29.8 Å². The summed E-state index contributed by atoms with van der Waals surface area (Å²) >= 11 is 0. The minimum Gasteiger partial charge on any atom is -0.508 e. The topological polar surface area (TPSA) is 58.9 Å². The standard InChI is InChI=1S/C18H24O4/c1-9-11(3)21-17-12-6-4-5-7-18(12,20)22-14-8-13(19)10(2)15(9)16(14)17/h8-9,11-12,17,19-20H,4-7H2,1-3H3/t9-,11-,12+,17-,18+/m1/s1. The highest BCUT2D eigenvalue weighted by atomic mass is 16.6. The quantitative estimate of drug-likeness (QED) is 0.770. The van der Waals surface area contributed by atoms with Gasteiger partial charge in [0.1, 0.15) is 11.5 Å². The molecule has 0 saturated heterocycles. The van der Waals surface area contributed by atoms with Gasteiger partial charge in [0, 0.05) is 24.0 Å². The van der Waals surface area contributed by atoms with E-state index in [0.29, 0.717) is 12.2 Å².